The van der Waals surface area contributed by atoms with Crippen molar-refractivity contribution in [1.29, 1.82) is 0 Å². The number of nitrogens with one attached hydrogen (secondary N) is 2. The second-order valence-electron chi connectivity index (χ2n) is 7.07. The van der Waals surface area contributed by atoms with Crippen molar-refractivity contribution in [3.63, 3.8) is 0 Å². The standard InChI is InChI=1S/C22H23F3N4O2S2/c1-3-31-20(30)16-13-17(15-8-5-4-6-9-15)33-19(16)27-21(32)26-10-7-11-29-14(2)12-18(28-29)22(23,24)25/h4-6,8-9,12-13H,3,7,10-11H2,1-2H3,(H2,26,27,32). The monoisotopic (exact) mass is 496 g/mol. The molecular weight excluding hydrogens is 473 g/mol. The molecule has 3 aromatic rings. The number of thiophene rings is 1. The van der Waals surface area contributed by atoms with E-state index in [0.29, 0.717) is 40.9 Å². The number of thiocarbonyl (C=S) groups is 1. The van der Waals surface area contributed by atoms with Crippen molar-refractivity contribution < 1.29 is 22.7 Å². The predicted octanol–water partition coefficient (Wildman–Crippen LogP) is 5.49. The Kier molecular flexibility index (Phi) is 8.09. The minimum absolute atomic E-state index is 0.250. The molecule has 0 unspecified atom stereocenters. The Morgan fingerprint density at radius 1 is 1.24 bits per heavy atom. The first-order chi connectivity index (χ1) is 15.7. The number of halogens is 3. The Morgan fingerprint density at radius 3 is 2.61 bits per heavy atom. The summed E-state index contributed by atoms with van der Waals surface area (Å²) in [5, 5.41) is 10.5. The fourth-order valence-corrected chi connectivity index (χ4v) is 4.37. The molecule has 0 saturated carbocycles. The van der Waals surface area contributed by atoms with Gasteiger partial charge in [0.2, 0.25) is 0 Å². The summed E-state index contributed by atoms with van der Waals surface area (Å²) in [6.45, 7) is 4.29. The van der Waals surface area contributed by atoms with E-state index in [0.717, 1.165) is 16.5 Å². The van der Waals surface area contributed by atoms with Gasteiger partial charge in [-0.15, -0.1) is 11.3 Å². The average molecular weight is 497 g/mol. The van der Waals surface area contributed by atoms with Gasteiger partial charge in [-0.3, -0.25) is 4.68 Å². The summed E-state index contributed by atoms with van der Waals surface area (Å²) in [6.07, 6.45) is -3.96. The lowest BCUT2D eigenvalue weighted by Crippen LogP contribution is -2.30. The van der Waals surface area contributed by atoms with Crippen LogP contribution in [0.1, 0.15) is 35.1 Å². The highest BCUT2D eigenvalue weighted by atomic mass is 32.1. The van der Waals surface area contributed by atoms with Crippen LogP contribution in [0.15, 0.2) is 42.5 Å². The van der Waals surface area contributed by atoms with Crippen molar-refractivity contribution >= 4 is 39.6 Å². The summed E-state index contributed by atoms with van der Waals surface area (Å²) in [5.74, 6) is -0.448. The molecule has 0 bridgehead atoms. The zero-order valence-corrected chi connectivity index (χ0v) is 19.7. The van der Waals surface area contributed by atoms with Gasteiger partial charge in [-0.1, -0.05) is 30.3 Å². The van der Waals surface area contributed by atoms with Gasteiger partial charge in [-0.2, -0.15) is 18.3 Å². The molecule has 0 fully saturated rings. The molecule has 0 aliphatic heterocycles. The highest BCUT2D eigenvalue weighted by molar-refractivity contribution is 7.80. The molecule has 2 N–H and O–H groups in total. The first-order valence-corrected chi connectivity index (χ1v) is 11.4. The van der Waals surface area contributed by atoms with Gasteiger partial charge >= 0.3 is 12.1 Å². The van der Waals surface area contributed by atoms with Gasteiger partial charge in [0.05, 0.1) is 12.2 Å². The number of alkyl halides is 3. The zero-order chi connectivity index (χ0) is 24.0. The molecule has 0 aliphatic carbocycles. The number of carbonyl (C=O) groups excluding carboxylic acids is 1. The Morgan fingerprint density at radius 2 is 1.97 bits per heavy atom. The molecule has 0 radical (unpaired) electrons. The number of aryl methyl sites for hydroxylation is 2. The number of hydrogen-bond acceptors (Lipinski definition) is 5. The number of carbonyl (C=O) groups is 1. The largest absolute Gasteiger partial charge is 0.462 e. The molecule has 2 heterocycles. The molecule has 0 saturated heterocycles. The van der Waals surface area contributed by atoms with E-state index < -0.39 is 17.8 Å². The van der Waals surface area contributed by atoms with Crippen molar-refractivity contribution in [2.24, 2.45) is 0 Å². The smallest absolute Gasteiger partial charge is 0.435 e. The number of nitrogens with zero attached hydrogens (tertiary/aromatic N) is 2. The van der Waals surface area contributed by atoms with Crippen LogP contribution in [0.25, 0.3) is 10.4 Å². The molecule has 0 amide bonds. The van der Waals surface area contributed by atoms with E-state index in [-0.39, 0.29) is 6.61 Å². The van der Waals surface area contributed by atoms with Crippen molar-refractivity contribution in [3.8, 4) is 10.4 Å². The van der Waals surface area contributed by atoms with E-state index >= 15 is 0 Å². The molecule has 2 aromatic heterocycles. The Hall–Kier alpha value is -2.92. The van der Waals surface area contributed by atoms with Crippen molar-refractivity contribution in [2.75, 3.05) is 18.5 Å². The van der Waals surface area contributed by atoms with Crippen LogP contribution in [-0.4, -0.2) is 34.0 Å². The van der Waals surface area contributed by atoms with Gasteiger partial charge in [0.25, 0.3) is 0 Å². The van der Waals surface area contributed by atoms with E-state index in [1.807, 2.05) is 30.3 Å². The van der Waals surface area contributed by atoms with Crippen molar-refractivity contribution in [3.05, 3.63) is 59.4 Å². The summed E-state index contributed by atoms with van der Waals surface area (Å²) in [6, 6.07) is 12.4. The lowest BCUT2D eigenvalue weighted by molar-refractivity contribution is -0.141. The van der Waals surface area contributed by atoms with Gasteiger partial charge in [0.15, 0.2) is 10.8 Å². The third-order valence-corrected chi connectivity index (χ3v) is 5.96. The minimum Gasteiger partial charge on any atom is -0.462 e. The van der Waals surface area contributed by atoms with Crippen molar-refractivity contribution in [1.82, 2.24) is 15.1 Å². The number of aromatic nitrogens is 2. The second kappa shape index (κ2) is 10.8. The molecule has 1 aromatic carbocycles. The predicted molar refractivity (Wildman–Crippen MR) is 127 cm³/mol. The molecule has 33 heavy (non-hydrogen) atoms. The maximum atomic E-state index is 12.8. The molecule has 0 aliphatic rings. The zero-order valence-electron chi connectivity index (χ0n) is 18.0. The first-order valence-electron chi connectivity index (χ1n) is 10.2. The van der Waals surface area contributed by atoms with Crippen LogP contribution in [0.3, 0.4) is 0 Å². The Labute approximate surface area is 198 Å². The SMILES string of the molecule is CCOC(=O)c1cc(-c2ccccc2)sc1NC(=S)NCCCn1nc(C(F)(F)F)cc1C. The third-order valence-electron chi connectivity index (χ3n) is 4.62. The Balaban J connectivity index is 1.60. The molecule has 6 nitrogen and oxygen atoms in total. The fourth-order valence-electron chi connectivity index (χ4n) is 3.04. The summed E-state index contributed by atoms with van der Waals surface area (Å²) >= 11 is 6.72. The van der Waals surface area contributed by atoms with Crippen LogP contribution in [0.4, 0.5) is 18.2 Å². The maximum Gasteiger partial charge on any atom is 0.435 e. The lowest BCUT2D eigenvalue weighted by atomic mass is 10.1. The minimum atomic E-state index is -4.46. The van der Waals surface area contributed by atoms with Gasteiger partial charge < -0.3 is 15.4 Å². The summed E-state index contributed by atoms with van der Waals surface area (Å²) in [7, 11) is 0. The second-order valence-corrected chi connectivity index (χ2v) is 8.53. The maximum absolute atomic E-state index is 12.8. The van der Waals surface area contributed by atoms with Crippen LogP contribution in [0, 0.1) is 6.92 Å². The van der Waals surface area contributed by atoms with Gasteiger partial charge in [0, 0.05) is 23.7 Å². The first kappa shape index (κ1) is 24.7. The Bertz CT molecular complexity index is 1110. The molecule has 176 valence electrons. The highest BCUT2D eigenvalue weighted by Gasteiger charge is 2.34. The van der Waals surface area contributed by atoms with Crippen molar-refractivity contribution in [2.45, 2.75) is 33.0 Å². The molecule has 0 spiro atoms. The van der Waals surface area contributed by atoms with Gasteiger partial charge in [-0.05, 0) is 50.2 Å². The van der Waals surface area contributed by atoms with Crippen LogP contribution in [-0.2, 0) is 17.5 Å². The van der Waals surface area contributed by atoms with E-state index in [4.69, 9.17) is 17.0 Å². The normalized spacial score (nSPS) is 11.3. The summed E-state index contributed by atoms with van der Waals surface area (Å²) < 4.78 is 44.8. The number of benzene rings is 1. The van der Waals surface area contributed by atoms with E-state index in [2.05, 4.69) is 15.7 Å². The average Bonchev–Trinajstić information content (AvgIpc) is 3.36. The number of ether oxygens (including phenoxy) is 1. The highest BCUT2D eigenvalue weighted by Crippen LogP contribution is 2.36. The van der Waals surface area contributed by atoms with E-state index in [1.54, 1.807) is 19.9 Å². The third kappa shape index (κ3) is 6.55. The van der Waals surface area contributed by atoms with Crippen LogP contribution >= 0.6 is 23.6 Å². The van der Waals surface area contributed by atoms with E-state index in [9.17, 15) is 18.0 Å². The fraction of sp³-hybridized carbons (Fsp3) is 0.318. The van der Waals surface area contributed by atoms with Crippen LogP contribution in [0.5, 0.6) is 0 Å². The van der Waals surface area contributed by atoms with Gasteiger partial charge in [0.1, 0.15) is 5.00 Å². The van der Waals surface area contributed by atoms with E-state index in [1.165, 1.54) is 16.0 Å². The quantitative estimate of drug-likeness (QED) is 0.244. The molecule has 11 heteroatoms. The molecular formula is C22H23F3N4O2S2. The van der Waals surface area contributed by atoms with Gasteiger partial charge in [-0.25, -0.2) is 4.79 Å². The number of esters is 1. The molecule has 3 rings (SSSR count). The topological polar surface area (TPSA) is 68.2 Å². The summed E-state index contributed by atoms with van der Waals surface area (Å²) in [4.78, 5) is 13.3. The number of rotatable bonds is 8. The summed E-state index contributed by atoms with van der Waals surface area (Å²) in [5.41, 5.74) is 0.891. The number of anilines is 1. The van der Waals surface area contributed by atoms with Crippen LogP contribution in [0.2, 0.25) is 0 Å². The lowest BCUT2D eigenvalue weighted by Gasteiger charge is -2.11. The van der Waals surface area contributed by atoms with Crippen LogP contribution < -0.4 is 10.6 Å². The number of hydrogen-bond donors (Lipinski definition) is 2. The molecule has 0 atom stereocenters.